The van der Waals surface area contributed by atoms with E-state index in [9.17, 15) is 0 Å². The highest BCUT2D eigenvalue weighted by atomic mass is 28.3. The molecule has 10 heavy (non-hydrogen) atoms. The maximum absolute atomic E-state index is 3.98. The van der Waals surface area contributed by atoms with E-state index in [-0.39, 0.29) is 0 Å². The van der Waals surface area contributed by atoms with Crippen LogP contribution in [0, 0.1) is 0 Å². The molecule has 0 rings (SSSR count). The molecule has 0 N–H and O–H groups in total. The molecule has 1 heteroatoms. The van der Waals surface area contributed by atoms with Crippen molar-refractivity contribution in [3.05, 3.63) is 24.3 Å². The minimum absolute atomic E-state index is 0.908. The predicted octanol–water partition coefficient (Wildman–Crippen LogP) is 3.46. The fourth-order valence-corrected chi connectivity index (χ4v) is 2.46. The van der Waals surface area contributed by atoms with E-state index in [1.165, 1.54) is 11.6 Å². The van der Waals surface area contributed by atoms with Crippen LogP contribution in [0.5, 0.6) is 0 Å². The molecule has 0 aromatic heterocycles. The van der Waals surface area contributed by atoms with Crippen molar-refractivity contribution in [2.24, 2.45) is 0 Å². The summed E-state index contributed by atoms with van der Waals surface area (Å²) in [4.78, 5) is 0. The van der Waals surface area contributed by atoms with E-state index in [1.54, 1.807) is 0 Å². The molecule has 0 amide bonds. The molecule has 0 saturated heterocycles. The predicted molar refractivity (Wildman–Crippen MR) is 52.1 cm³/mol. The number of rotatable bonds is 3. The maximum atomic E-state index is 3.98. The van der Waals surface area contributed by atoms with E-state index in [0.29, 0.717) is 0 Å². The minimum Gasteiger partial charge on any atom is -0.0961 e. The molecule has 0 aliphatic carbocycles. The van der Waals surface area contributed by atoms with Crippen molar-refractivity contribution in [3.63, 3.8) is 0 Å². The van der Waals surface area contributed by atoms with E-state index in [2.05, 4.69) is 38.4 Å². The molecule has 0 radical (unpaired) electrons. The Labute approximate surface area is 65.7 Å². The number of allylic oxidation sites excluding steroid dienone is 3. The molecule has 0 nitrogen and oxygen atoms in total. The lowest BCUT2D eigenvalue weighted by molar-refractivity contribution is 1.41. The molecule has 58 valence electrons. The third-order valence-electron chi connectivity index (χ3n) is 1.16. The van der Waals surface area contributed by atoms with Crippen molar-refractivity contribution in [2.45, 2.75) is 32.6 Å². The van der Waals surface area contributed by atoms with Crippen LogP contribution >= 0.6 is 0 Å². The Kier molecular flexibility index (Phi) is 3.65. The van der Waals surface area contributed by atoms with Crippen LogP contribution in [-0.4, -0.2) is 8.07 Å². The van der Waals surface area contributed by atoms with Gasteiger partial charge in [-0.1, -0.05) is 43.9 Å². The fourth-order valence-electron chi connectivity index (χ4n) is 0.976. The minimum atomic E-state index is -0.908. The molecule has 0 fully saturated rings. The van der Waals surface area contributed by atoms with Crippen molar-refractivity contribution in [3.8, 4) is 0 Å². The zero-order chi connectivity index (χ0) is 8.20. The van der Waals surface area contributed by atoms with Gasteiger partial charge >= 0.3 is 0 Å². The van der Waals surface area contributed by atoms with Crippen molar-refractivity contribution >= 4 is 8.07 Å². The molecule has 0 saturated carbocycles. The van der Waals surface area contributed by atoms with Crippen molar-refractivity contribution in [2.75, 3.05) is 0 Å². The average molecular weight is 154 g/mol. The molecule has 0 bridgehead atoms. The lowest BCUT2D eigenvalue weighted by atomic mass is 10.3. The first-order valence-corrected chi connectivity index (χ1v) is 7.47. The quantitative estimate of drug-likeness (QED) is 0.431. The van der Waals surface area contributed by atoms with Gasteiger partial charge in [0.1, 0.15) is 0 Å². The molecule has 0 atom stereocenters. The third-order valence-corrected chi connectivity index (χ3v) is 2.67. The Morgan fingerprint density at radius 2 is 1.90 bits per heavy atom. The van der Waals surface area contributed by atoms with Crippen LogP contribution in [-0.2, 0) is 0 Å². The first kappa shape index (κ1) is 9.70. The van der Waals surface area contributed by atoms with E-state index in [1.807, 2.05) is 6.92 Å². The molecular formula is C9H18Si. The van der Waals surface area contributed by atoms with Gasteiger partial charge in [0.2, 0.25) is 0 Å². The zero-order valence-corrected chi connectivity index (χ0v) is 8.57. The summed E-state index contributed by atoms with van der Waals surface area (Å²) in [5.74, 6) is 0. The smallest absolute Gasteiger partial charge is 0.0486 e. The van der Waals surface area contributed by atoms with Gasteiger partial charge < -0.3 is 0 Å². The fraction of sp³-hybridized carbons (Fsp3) is 0.556. The van der Waals surface area contributed by atoms with Gasteiger partial charge in [0.25, 0.3) is 0 Å². The van der Waals surface area contributed by atoms with Crippen molar-refractivity contribution in [1.82, 2.24) is 0 Å². The zero-order valence-electron chi connectivity index (χ0n) is 7.57. The second-order valence-corrected chi connectivity index (χ2v) is 9.37. The average Bonchev–Trinajstić information content (AvgIpc) is 1.59. The highest BCUT2D eigenvalue weighted by Crippen LogP contribution is 2.15. The first-order valence-electron chi connectivity index (χ1n) is 3.76. The van der Waals surface area contributed by atoms with Gasteiger partial charge in [0.05, 0.1) is 0 Å². The molecule has 0 aromatic carbocycles. The Balaban J connectivity index is 3.81. The van der Waals surface area contributed by atoms with Crippen LogP contribution in [0.1, 0.15) is 6.92 Å². The molecular weight excluding hydrogens is 136 g/mol. The van der Waals surface area contributed by atoms with E-state index in [0.717, 1.165) is 0 Å². The van der Waals surface area contributed by atoms with Gasteiger partial charge in [0.15, 0.2) is 0 Å². The summed E-state index contributed by atoms with van der Waals surface area (Å²) >= 11 is 0. The summed E-state index contributed by atoms with van der Waals surface area (Å²) in [7, 11) is -0.908. The van der Waals surface area contributed by atoms with Crippen LogP contribution in [0.15, 0.2) is 24.3 Å². The summed E-state index contributed by atoms with van der Waals surface area (Å²) in [6.45, 7) is 13.1. The SMILES string of the molecule is C=C(/C=C/C)C[Si](C)(C)C. The second-order valence-electron chi connectivity index (χ2n) is 3.90. The Hall–Kier alpha value is -0.303. The standard InChI is InChI=1S/C9H18Si/c1-6-7-9(2)8-10(3,4)5/h6-7H,2,8H2,1,3-5H3/b7-6+. The normalized spacial score (nSPS) is 12.4. The van der Waals surface area contributed by atoms with Gasteiger partial charge in [-0.15, -0.1) is 0 Å². The molecule has 0 unspecified atom stereocenters. The van der Waals surface area contributed by atoms with Crippen LogP contribution in [0.2, 0.25) is 25.7 Å². The van der Waals surface area contributed by atoms with Gasteiger partial charge in [-0.25, -0.2) is 0 Å². The molecule has 0 heterocycles. The Morgan fingerprint density at radius 1 is 1.40 bits per heavy atom. The Bertz CT molecular complexity index is 137. The third kappa shape index (κ3) is 5.83. The van der Waals surface area contributed by atoms with Crippen LogP contribution in [0.3, 0.4) is 0 Å². The largest absolute Gasteiger partial charge is 0.0961 e. The molecule has 0 aliphatic heterocycles. The maximum Gasteiger partial charge on any atom is 0.0486 e. The summed E-state index contributed by atoms with van der Waals surface area (Å²) in [5, 5.41) is 0. The summed E-state index contributed by atoms with van der Waals surface area (Å²) in [6, 6.07) is 1.22. The number of hydrogen-bond acceptors (Lipinski definition) is 0. The van der Waals surface area contributed by atoms with Crippen LogP contribution in [0.4, 0.5) is 0 Å². The van der Waals surface area contributed by atoms with Gasteiger partial charge in [-0.2, -0.15) is 0 Å². The lowest BCUT2D eigenvalue weighted by Gasteiger charge is -2.15. The molecule has 0 spiro atoms. The highest BCUT2D eigenvalue weighted by Gasteiger charge is 2.12. The van der Waals surface area contributed by atoms with E-state index >= 15 is 0 Å². The van der Waals surface area contributed by atoms with Gasteiger partial charge in [-0.3, -0.25) is 0 Å². The van der Waals surface area contributed by atoms with E-state index in [4.69, 9.17) is 0 Å². The van der Waals surface area contributed by atoms with Crippen molar-refractivity contribution < 1.29 is 0 Å². The molecule has 0 aromatic rings. The van der Waals surface area contributed by atoms with Gasteiger partial charge in [-0.05, 0) is 13.0 Å². The van der Waals surface area contributed by atoms with Crippen LogP contribution < -0.4 is 0 Å². The lowest BCUT2D eigenvalue weighted by Crippen LogP contribution is -2.19. The summed E-state index contributed by atoms with van der Waals surface area (Å²) < 4.78 is 0. The monoisotopic (exact) mass is 154 g/mol. The van der Waals surface area contributed by atoms with Gasteiger partial charge in [0, 0.05) is 8.07 Å². The Morgan fingerprint density at radius 3 is 2.20 bits per heavy atom. The van der Waals surface area contributed by atoms with E-state index < -0.39 is 8.07 Å². The van der Waals surface area contributed by atoms with Crippen LogP contribution in [0.25, 0.3) is 0 Å². The second kappa shape index (κ2) is 3.77. The van der Waals surface area contributed by atoms with Crippen molar-refractivity contribution in [1.29, 1.82) is 0 Å². The topological polar surface area (TPSA) is 0 Å². The summed E-state index contributed by atoms with van der Waals surface area (Å²) in [6.07, 6.45) is 4.17. The highest BCUT2D eigenvalue weighted by molar-refractivity contribution is 6.76. The first-order chi connectivity index (χ1) is 4.45. The number of hydrogen-bond donors (Lipinski definition) is 0. The molecule has 0 aliphatic rings. The summed E-state index contributed by atoms with van der Waals surface area (Å²) in [5.41, 5.74) is 1.28.